The predicted octanol–water partition coefficient (Wildman–Crippen LogP) is 2.27. The van der Waals surface area contributed by atoms with Gasteiger partial charge in [-0.2, -0.15) is 5.26 Å². The van der Waals surface area contributed by atoms with Gasteiger partial charge in [0.1, 0.15) is 0 Å². The lowest BCUT2D eigenvalue weighted by Gasteiger charge is -2.23. The highest BCUT2D eigenvalue weighted by atomic mass is 15.2. The molecule has 0 amide bonds. The van der Waals surface area contributed by atoms with Crippen molar-refractivity contribution in [2.24, 2.45) is 0 Å². The standard InChI is InChI=1S/C12H15N3/c1-10-9-12(5-7-14-10)15(8-2-6-13)11-3-4-11/h5,7,9,11H,2-4,8H2,1H3. The lowest BCUT2D eigenvalue weighted by molar-refractivity contribution is 0.791. The molecule has 1 heterocycles. The van der Waals surface area contributed by atoms with Gasteiger partial charge < -0.3 is 4.90 Å². The quantitative estimate of drug-likeness (QED) is 0.750. The molecule has 0 aromatic carbocycles. The van der Waals surface area contributed by atoms with E-state index in [0.29, 0.717) is 12.5 Å². The number of aromatic nitrogens is 1. The second-order valence-electron chi connectivity index (χ2n) is 3.99. The molecule has 2 rings (SSSR count). The van der Waals surface area contributed by atoms with Crippen LogP contribution in [0, 0.1) is 18.3 Å². The van der Waals surface area contributed by atoms with E-state index in [0.717, 1.165) is 12.2 Å². The number of hydrogen-bond acceptors (Lipinski definition) is 3. The Morgan fingerprint density at radius 3 is 3.00 bits per heavy atom. The molecule has 1 saturated carbocycles. The lowest BCUT2D eigenvalue weighted by Crippen LogP contribution is -2.26. The van der Waals surface area contributed by atoms with Crippen molar-refractivity contribution in [1.29, 1.82) is 5.26 Å². The minimum absolute atomic E-state index is 0.595. The fourth-order valence-electron chi connectivity index (χ4n) is 1.79. The average Bonchev–Trinajstić information content (AvgIpc) is 3.03. The Bertz CT molecular complexity index is 377. The maximum absolute atomic E-state index is 8.63. The molecule has 0 N–H and O–H groups in total. The van der Waals surface area contributed by atoms with Crippen molar-refractivity contribution in [3.63, 3.8) is 0 Å². The molecular formula is C12H15N3. The summed E-state index contributed by atoms with van der Waals surface area (Å²) in [4.78, 5) is 6.52. The predicted molar refractivity (Wildman–Crippen MR) is 59.6 cm³/mol. The molecule has 1 aliphatic rings. The summed E-state index contributed by atoms with van der Waals surface area (Å²) < 4.78 is 0. The molecule has 0 radical (unpaired) electrons. The van der Waals surface area contributed by atoms with Gasteiger partial charge in [-0.05, 0) is 31.9 Å². The zero-order chi connectivity index (χ0) is 10.7. The maximum Gasteiger partial charge on any atom is 0.0640 e. The molecular weight excluding hydrogens is 186 g/mol. The number of pyridine rings is 1. The van der Waals surface area contributed by atoms with Crippen LogP contribution >= 0.6 is 0 Å². The van der Waals surface area contributed by atoms with Crippen molar-refractivity contribution in [1.82, 2.24) is 4.98 Å². The Labute approximate surface area is 90.4 Å². The zero-order valence-electron chi connectivity index (χ0n) is 8.98. The average molecular weight is 201 g/mol. The second kappa shape index (κ2) is 4.31. The molecule has 0 unspecified atom stereocenters. The van der Waals surface area contributed by atoms with E-state index in [1.165, 1.54) is 18.5 Å². The first-order valence-corrected chi connectivity index (χ1v) is 5.37. The Hall–Kier alpha value is -1.56. The van der Waals surface area contributed by atoms with E-state index in [1.807, 2.05) is 19.2 Å². The van der Waals surface area contributed by atoms with Crippen LogP contribution in [0.2, 0.25) is 0 Å². The lowest BCUT2D eigenvalue weighted by atomic mass is 10.2. The van der Waals surface area contributed by atoms with Gasteiger partial charge in [-0.1, -0.05) is 0 Å². The number of hydrogen-bond donors (Lipinski definition) is 0. The van der Waals surface area contributed by atoms with Gasteiger partial charge in [-0.25, -0.2) is 0 Å². The molecule has 1 aromatic rings. The minimum atomic E-state index is 0.595. The Morgan fingerprint density at radius 2 is 2.40 bits per heavy atom. The molecule has 0 aliphatic heterocycles. The number of aryl methyl sites for hydroxylation is 1. The first-order chi connectivity index (χ1) is 7.31. The van der Waals surface area contributed by atoms with Gasteiger partial charge >= 0.3 is 0 Å². The largest absolute Gasteiger partial charge is 0.367 e. The molecule has 78 valence electrons. The molecule has 1 aliphatic carbocycles. The van der Waals surface area contributed by atoms with Crippen molar-refractivity contribution < 1.29 is 0 Å². The molecule has 0 bridgehead atoms. The van der Waals surface area contributed by atoms with E-state index in [1.54, 1.807) is 0 Å². The summed E-state index contributed by atoms with van der Waals surface area (Å²) in [5, 5.41) is 8.63. The topological polar surface area (TPSA) is 39.9 Å². The first-order valence-electron chi connectivity index (χ1n) is 5.37. The smallest absolute Gasteiger partial charge is 0.0640 e. The van der Waals surface area contributed by atoms with E-state index in [-0.39, 0.29) is 0 Å². The molecule has 0 atom stereocenters. The molecule has 0 saturated heterocycles. The molecule has 3 heteroatoms. The van der Waals surface area contributed by atoms with Gasteiger partial charge in [-0.15, -0.1) is 0 Å². The van der Waals surface area contributed by atoms with Crippen molar-refractivity contribution >= 4 is 5.69 Å². The van der Waals surface area contributed by atoms with Crippen LogP contribution < -0.4 is 4.90 Å². The third kappa shape index (κ3) is 2.47. The van der Waals surface area contributed by atoms with Crippen LogP contribution in [0.25, 0.3) is 0 Å². The number of rotatable bonds is 4. The van der Waals surface area contributed by atoms with Crippen molar-refractivity contribution in [3.8, 4) is 6.07 Å². The fraction of sp³-hybridized carbons (Fsp3) is 0.500. The van der Waals surface area contributed by atoms with E-state index < -0.39 is 0 Å². The SMILES string of the molecule is Cc1cc(N(CCC#N)C2CC2)ccn1. The van der Waals surface area contributed by atoms with Crippen LogP contribution in [0.5, 0.6) is 0 Å². The van der Waals surface area contributed by atoms with E-state index in [2.05, 4.69) is 22.0 Å². The third-order valence-electron chi connectivity index (χ3n) is 2.66. The van der Waals surface area contributed by atoms with Gasteiger partial charge in [0.25, 0.3) is 0 Å². The van der Waals surface area contributed by atoms with Crippen LogP contribution in [0.3, 0.4) is 0 Å². The van der Waals surface area contributed by atoms with Crippen LogP contribution in [-0.4, -0.2) is 17.6 Å². The van der Waals surface area contributed by atoms with Crippen molar-refractivity contribution in [3.05, 3.63) is 24.0 Å². The zero-order valence-corrected chi connectivity index (χ0v) is 8.98. The number of anilines is 1. The monoisotopic (exact) mass is 201 g/mol. The highest BCUT2D eigenvalue weighted by molar-refractivity contribution is 5.48. The van der Waals surface area contributed by atoms with Crippen LogP contribution in [-0.2, 0) is 0 Å². The van der Waals surface area contributed by atoms with E-state index in [9.17, 15) is 0 Å². The Kier molecular flexibility index (Phi) is 2.86. The fourth-order valence-corrected chi connectivity index (χ4v) is 1.79. The van der Waals surface area contributed by atoms with Gasteiger partial charge in [0.2, 0.25) is 0 Å². The van der Waals surface area contributed by atoms with E-state index >= 15 is 0 Å². The molecule has 15 heavy (non-hydrogen) atoms. The molecule has 1 aromatic heterocycles. The van der Waals surface area contributed by atoms with Gasteiger partial charge in [0, 0.05) is 30.2 Å². The first kappa shape index (κ1) is 9.97. The molecule has 1 fully saturated rings. The van der Waals surface area contributed by atoms with Crippen LogP contribution in [0.4, 0.5) is 5.69 Å². The van der Waals surface area contributed by atoms with Crippen LogP contribution in [0.15, 0.2) is 18.3 Å². The molecule has 0 spiro atoms. The second-order valence-corrected chi connectivity index (χ2v) is 3.99. The van der Waals surface area contributed by atoms with Gasteiger partial charge in [0.15, 0.2) is 0 Å². The van der Waals surface area contributed by atoms with Crippen molar-refractivity contribution in [2.45, 2.75) is 32.2 Å². The van der Waals surface area contributed by atoms with Crippen LogP contribution in [0.1, 0.15) is 25.0 Å². The van der Waals surface area contributed by atoms with Gasteiger partial charge in [-0.3, -0.25) is 4.98 Å². The summed E-state index contributed by atoms with van der Waals surface area (Å²) in [5.74, 6) is 0. The Balaban J connectivity index is 2.13. The highest BCUT2D eigenvalue weighted by Gasteiger charge is 2.28. The molecule has 3 nitrogen and oxygen atoms in total. The summed E-state index contributed by atoms with van der Waals surface area (Å²) in [6.45, 7) is 2.84. The summed E-state index contributed by atoms with van der Waals surface area (Å²) in [6.07, 6.45) is 4.95. The Morgan fingerprint density at radius 1 is 1.60 bits per heavy atom. The van der Waals surface area contributed by atoms with E-state index in [4.69, 9.17) is 5.26 Å². The maximum atomic E-state index is 8.63. The minimum Gasteiger partial charge on any atom is -0.367 e. The normalized spacial score (nSPS) is 14.7. The highest BCUT2D eigenvalue weighted by Crippen LogP contribution is 2.31. The summed E-state index contributed by atoms with van der Waals surface area (Å²) in [7, 11) is 0. The summed E-state index contributed by atoms with van der Waals surface area (Å²) >= 11 is 0. The van der Waals surface area contributed by atoms with Gasteiger partial charge in [0.05, 0.1) is 12.5 Å². The van der Waals surface area contributed by atoms with Crippen molar-refractivity contribution in [2.75, 3.05) is 11.4 Å². The third-order valence-corrected chi connectivity index (χ3v) is 2.66. The number of nitriles is 1. The summed E-state index contributed by atoms with van der Waals surface area (Å²) in [6, 6.07) is 6.98. The number of nitrogens with zero attached hydrogens (tertiary/aromatic N) is 3. The summed E-state index contributed by atoms with van der Waals surface area (Å²) in [5.41, 5.74) is 2.25.